The molecule has 1 aromatic rings. The molecule has 6 heteroatoms. The lowest BCUT2D eigenvalue weighted by molar-refractivity contribution is -1.04. The highest BCUT2D eigenvalue weighted by atomic mass is 15.6. The van der Waals surface area contributed by atoms with E-state index in [4.69, 9.17) is 0 Å². The number of hydrogen-bond acceptors (Lipinski definition) is 3. The van der Waals surface area contributed by atoms with Gasteiger partial charge in [-0.25, -0.2) is 4.68 Å². The summed E-state index contributed by atoms with van der Waals surface area (Å²) in [6, 6.07) is 1.95. The molecule has 1 saturated heterocycles. The van der Waals surface area contributed by atoms with E-state index in [1.807, 2.05) is 4.90 Å². The fourth-order valence-corrected chi connectivity index (χ4v) is 5.83. The van der Waals surface area contributed by atoms with Crippen LogP contribution in [0.3, 0.4) is 0 Å². The third-order valence-electron chi connectivity index (χ3n) is 7.37. The Hall–Kier alpha value is -1.01. The predicted molar refractivity (Wildman–Crippen MR) is 101 cm³/mol. The zero-order chi connectivity index (χ0) is 17.8. The van der Waals surface area contributed by atoms with Gasteiger partial charge in [-0.3, -0.25) is 0 Å². The van der Waals surface area contributed by atoms with Gasteiger partial charge in [0.25, 0.3) is 0 Å². The number of tetrazole rings is 1. The smallest absolute Gasteiger partial charge is 0.209 e. The molecule has 1 aliphatic heterocycles. The van der Waals surface area contributed by atoms with E-state index in [1.54, 1.807) is 4.90 Å². The number of nitrogens with zero attached hydrogens (tertiary/aromatic N) is 4. The van der Waals surface area contributed by atoms with Crippen molar-refractivity contribution in [3.63, 3.8) is 0 Å². The first-order valence-electron chi connectivity index (χ1n) is 11.3. The molecule has 0 spiro atoms. The third-order valence-corrected chi connectivity index (χ3v) is 7.37. The van der Waals surface area contributed by atoms with Crippen LogP contribution in [-0.2, 0) is 0 Å². The SMILES string of the molecule is CC[C@@H](c1nnnn1C1CCCCC1)[NH+]1CC[NH+](C2CCCCC2)CC1. The lowest BCUT2D eigenvalue weighted by Gasteiger charge is -2.38. The Kier molecular flexibility index (Phi) is 6.20. The van der Waals surface area contributed by atoms with Gasteiger partial charge < -0.3 is 9.80 Å². The van der Waals surface area contributed by atoms with E-state index < -0.39 is 0 Å². The van der Waals surface area contributed by atoms with Crippen LogP contribution >= 0.6 is 0 Å². The maximum atomic E-state index is 4.52. The molecule has 146 valence electrons. The van der Waals surface area contributed by atoms with Crippen LogP contribution in [0.1, 0.15) is 95.5 Å². The molecule has 1 aromatic heterocycles. The second kappa shape index (κ2) is 8.79. The number of hydrogen-bond donors (Lipinski definition) is 2. The van der Waals surface area contributed by atoms with Gasteiger partial charge in [-0.05, 0) is 49.0 Å². The van der Waals surface area contributed by atoms with Gasteiger partial charge in [-0.15, -0.1) is 5.10 Å². The zero-order valence-corrected chi connectivity index (χ0v) is 16.6. The highest BCUT2D eigenvalue weighted by Gasteiger charge is 2.36. The molecule has 0 aromatic carbocycles. The number of nitrogens with one attached hydrogen (secondary N) is 2. The Labute approximate surface area is 158 Å². The molecular formula is C20H38N6+2. The molecule has 6 nitrogen and oxygen atoms in total. The maximum Gasteiger partial charge on any atom is 0.209 e. The zero-order valence-electron chi connectivity index (χ0n) is 16.6. The van der Waals surface area contributed by atoms with Gasteiger partial charge in [0.05, 0.1) is 12.1 Å². The summed E-state index contributed by atoms with van der Waals surface area (Å²) < 4.78 is 2.21. The Morgan fingerprint density at radius 2 is 1.58 bits per heavy atom. The molecule has 2 N–H and O–H groups in total. The van der Waals surface area contributed by atoms with Gasteiger partial charge in [0, 0.05) is 6.42 Å². The summed E-state index contributed by atoms with van der Waals surface area (Å²) in [5, 5.41) is 13.0. The summed E-state index contributed by atoms with van der Waals surface area (Å²) in [5.41, 5.74) is 0. The van der Waals surface area contributed by atoms with Crippen molar-refractivity contribution >= 4 is 0 Å². The van der Waals surface area contributed by atoms with Crippen molar-refractivity contribution in [1.29, 1.82) is 0 Å². The largest absolute Gasteiger partial charge is 0.323 e. The lowest BCUT2D eigenvalue weighted by atomic mass is 9.93. The highest BCUT2D eigenvalue weighted by Crippen LogP contribution is 2.29. The molecule has 4 rings (SSSR count). The van der Waals surface area contributed by atoms with Crippen molar-refractivity contribution in [2.75, 3.05) is 26.2 Å². The lowest BCUT2D eigenvalue weighted by Crippen LogP contribution is -3.29. The molecule has 0 bridgehead atoms. The average molecular weight is 363 g/mol. The molecule has 0 amide bonds. The minimum atomic E-state index is 0.472. The Balaban J connectivity index is 1.40. The first-order chi connectivity index (χ1) is 12.9. The second-order valence-electron chi connectivity index (χ2n) is 8.89. The van der Waals surface area contributed by atoms with Crippen LogP contribution in [0, 0.1) is 0 Å². The Bertz CT molecular complexity index is 538. The van der Waals surface area contributed by atoms with E-state index in [0.29, 0.717) is 12.1 Å². The van der Waals surface area contributed by atoms with Gasteiger partial charge >= 0.3 is 0 Å². The fraction of sp³-hybridized carbons (Fsp3) is 0.950. The molecule has 3 fully saturated rings. The van der Waals surface area contributed by atoms with Crippen LogP contribution in [-0.4, -0.2) is 52.4 Å². The van der Waals surface area contributed by atoms with Gasteiger partial charge in [-0.2, -0.15) is 0 Å². The summed E-state index contributed by atoms with van der Waals surface area (Å²) in [6.45, 7) is 7.55. The molecule has 2 aliphatic carbocycles. The number of rotatable bonds is 5. The number of quaternary nitrogens is 2. The molecule has 0 unspecified atom stereocenters. The predicted octanol–water partition coefficient (Wildman–Crippen LogP) is 0.746. The first kappa shape index (κ1) is 18.4. The maximum absolute atomic E-state index is 4.52. The van der Waals surface area contributed by atoms with Crippen LogP contribution in [0.25, 0.3) is 0 Å². The summed E-state index contributed by atoms with van der Waals surface area (Å²) in [4.78, 5) is 3.61. The minimum Gasteiger partial charge on any atom is -0.323 e. The van der Waals surface area contributed by atoms with Gasteiger partial charge in [0.1, 0.15) is 32.2 Å². The molecule has 26 heavy (non-hydrogen) atoms. The normalized spacial score (nSPS) is 30.3. The summed E-state index contributed by atoms with van der Waals surface area (Å²) >= 11 is 0. The topological polar surface area (TPSA) is 52.5 Å². The van der Waals surface area contributed by atoms with Crippen LogP contribution in [0.4, 0.5) is 0 Å². The Morgan fingerprint density at radius 3 is 2.23 bits per heavy atom. The van der Waals surface area contributed by atoms with E-state index in [-0.39, 0.29) is 0 Å². The van der Waals surface area contributed by atoms with E-state index >= 15 is 0 Å². The minimum absolute atomic E-state index is 0.472. The van der Waals surface area contributed by atoms with Crippen LogP contribution < -0.4 is 9.80 Å². The van der Waals surface area contributed by atoms with Crippen LogP contribution in [0.5, 0.6) is 0 Å². The monoisotopic (exact) mass is 362 g/mol. The second-order valence-corrected chi connectivity index (χ2v) is 8.89. The molecule has 0 radical (unpaired) electrons. The number of piperazine rings is 1. The third kappa shape index (κ3) is 3.96. The van der Waals surface area contributed by atoms with E-state index in [9.17, 15) is 0 Å². The van der Waals surface area contributed by atoms with Crippen molar-refractivity contribution in [3.05, 3.63) is 5.82 Å². The van der Waals surface area contributed by atoms with Crippen molar-refractivity contribution in [3.8, 4) is 0 Å². The van der Waals surface area contributed by atoms with Crippen molar-refractivity contribution in [1.82, 2.24) is 20.2 Å². The van der Waals surface area contributed by atoms with Crippen LogP contribution in [0.15, 0.2) is 0 Å². The summed E-state index contributed by atoms with van der Waals surface area (Å²) in [7, 11) is 0. The van der Waals surface area contributed by atoms with Crippen LogP contribution in [0.2, 0.25) is 0 Å². The van der Waals surface area contributed by atoms with E-state index in [1.165, 1.54) is 90.4 Å². The van der Waals surface area contributed by atoms with Crippen molar-refractivity contribution in [2.24, 2.45) is 0 Å². The van der Waals surface area contributed by atoms with E-state index in [0.717, 1.165) is 18.3 Å². The van der Waals surface area contributed by atoms with Crippen molar-refractivity contribution < 1.29 is 9.80 Å². The highest BCUT2D eigenvalue weighted by molar-refractivity contribution is 4.90. The molecule has 2 saturated carbocycles. The fourth-order valence-electron chi connectivity index (χ4n) is 5.83. The van der Waals surface area contributed by atoms with Crippen molar-refractivity contribution in [2.45, 2.75) is 95.7 Å². The molecule has 3 aliphatic rings. The summed E-state index contributed by atoms with van der Waals surface area (Å²) in [5.74, 6) is 1.16. The molecule has 2 heterocycles. The Morgan fingerprint density at radius 1 is 0.923 bits per heavy atom. The van der Waals surface area contributed by atoms with Gasteiger partial charge in [0.2, 0.25) is 5.82 Å². The van der Waals surface area contributed by atoms with Gasteiger partial charge in [0.15, 0.2) is 0 Å². The molecule has 1 atom stereocenters. The first-order valence-corrected chi connectivity index (χ1v) is 11.3. The number of aromatic nitrogens is 4. The van der Waals surface area contributed by atoms with E-state index in [2.05, 4.69) is 27.1 Å². The summed E-state index contributed by atoms with van der Waals surface area (Å²) in [6.07, 6.45) is 15.0. The molecular weight excluding hydrogens is 324 g/mol. The van der Waals surface area contributed by atoms with Gasteiger partial charge in [-0.1, -0.05) is 32.6 Å². The quantitative estimate of drug-likeness (QED) is 0.813. The standard InChI is InChI=1S/C20H36N6/c1-2-19(20-21-22-23-26(20)18-11-7-4-8-12-18)25-15-13-24(14-16-25)17-9-5-3-6-10-17/h17-19H,2-16H2,1H3/p+2/t19-/m0/s1. The average Bonchev–Trinajstić information content (AvgIpc) is 3.20.